The first-order valence-electron chi connectivity index (χ1n) is 5.71. The summed E-state index contributed by atoms with van der Waals surface area (Å²) < 4.78 is 18.3. The highest BCUT2D eigenvalue weighted by molar-refractivity contribution is 5.94. The van der Waals surface area contributed by atoms with Crippen LogP contribution in [0.1, 0.15) is 15.9 Å². The lowest BCUT2D eigenvalue weighted by Gasteiger charge is -2.21. The monoisotopic (exact) mass is 254 g/mol. The third-order valence-corrected chi connectivity index (χ3v) is 2.65. The predicted molar refractivity (Wildman–Crippen MR) is 67.9 cm³/mol. The van der Waals surface area contributed by atoms with Gasteiger partial charge in [0, 0.05) is 32.3 Å². The van der Waals surface area contributed by atoms with Gasteiger partial charge in [-0.3, -0.25) is 4.79 Å². The smallest absolute Gasteiger partial charge is 0.253 e. The summed E-state index contributed by atoms with van der Waals surface area (Å²) in [5, 5.41) is 0. The van der Waals surface area contributed by atoms with E-state index in [0.29, 0.717) is 24.3 Å². The molecule has 1 aromatic rings. The first-order chi connectivity index (χ1) is 8.45. The van der Waals surface area contributed by atoms with Gasteiger partial charge in [0.15, 0.2) is 0 Å². The zero-order valence-electron chi connectivity index (χ0n) is 10.9. The number of methoxy groups -OCH3 is 1. The van der Waals surface area contributed by atoms with Crippen molar-refractivity contribution in [3.05, 3.63) is 35.1 Å². The van der Waals surface area contributed by atoms with Gasteiger partial charge < -0.3 is 15.4 Å². The molecule has 18 heavy (non-hydrogen) atoms. The molecule has 0 aliphatic rings. The Morgan fingerprint density at radius 3 is 2.78 bits per heavy atom. The molecule has 0 fully saturated rings. The van der Waals surface area contributed by atoms with Crippen molar-refractivity contribution in [2.45, 2.75) is 13.0 Å². The number of halogens is 1. The maximum atomic E-state index is 13.4. The molecule has 1 amide bonds. The first kappa shape index (κ1) is 14.6. The molecule has 1 rings (SSSR count). The molecular weight excluding hydrogens is 235 g/mol. The van der Waals surface area contributed by atoms with Crippen LogP contribution < -0.4 is 5.73 Å². The van der Waals surface area contributed by atoms with Gasteiger partial charge in [-0.1, -0.05) is 6.07 Å². The number of nitrogens with zero attached hydrogens (tertiary/aromatic N) is 1. The highest BCUT2D eigenvalue weighted by atomic mass is 19.1. The minimum Gasteiger partial charge on any atom is -0.383 e. The van der Waals surface area contributed by atoms with Gasteiger partial charge in [-0.25, -0.2) is 4.39 Å². The van der Waals surface area contributed by atoms with Crippen molar-refractivity contribution in [2.75, 3.05) is 27.3 Å². The van der Waals surface area contributed by atoms with Crippen LogP contribution in [0.25, 0.3) is 0 Å². The molecule has 0 radical (unpaired) electrons. The van der Waals surface area contributed by atoms with E-state index >= 15 is 0 Å². The summed E-state index contributed by atoms with van der Waals surface area (Å²) in [7, 11) is 3.19. The van der Waals surface area contributed by atoms with Crippen LogP contribution in [0.4, 0.5) is 4.39 Å². The van der Waals surface area contributed by atoms with Gasteiger partial charge >= 0.3 is 0 Å². The van der Waals surface area contributed by atoms with Crippen LogP contribution in [0.15, 0.2) is 18.2 Å². The normalized spacial score (nSPS) is 12.3. The Balaban J connectivity index is 2.71. The average molecular weight is 254 g/mol. The lowest BCUT2D eigenvalue weighted by molar-refractivity contribution is 0.0764. The zero-order valence-corrected chi connectivity index (χ0v) is 10.9. The quantitative estimate of drug-likeness (QED) is 0.858. The molecule has 1 atom stereocenters. The Hall–Kier alpha value is -1.46. The van der Waals surface area contributed by atoms with E-state index in [-0.39, 0.29) is 17.8 Å². The third kappa shape index (κ3) is 3.78. The van der Waals surface area contributed by atoms with E-state index in [0.717, 1.165) is 0 Å². The van der Waals surface area contributed by atoms with Crippen molar-refractivity contribution in [3.8, 4) is 0 Å². The van der Waals surface area contributed by atoms with Gasteiger partial charge in [-0.05, 0) is 24.6 Å². The highest BCUT2D eigenvalue weighted by Crippen LogP contribution is 2.11. The molecule has 0 heterocycles. The SMILES string of the molecule is COCC(N)CN(C)C(=O)c1ccc(C)c(F)c1. The molecule has 0 saturated heterocycles. The molecule has 1 unspecified atom stereocenters. The summed E-state index contributed by atoms with van der Waals surface area (Å²) in [4.78, 5) is 13.5. The molecule has 0 aliphatic heterocycles. The maximum absolute atomic E-state index is 13.4. The molecule has 0 spiro atoms. The van der Waals surface area contributed by atoms with Gasteiger partial charge in [-0.2, -0.15) is 0 Å². The number of hydrogen-bond donors (Lipinski definition) is 1. The summed E-state index contributed by atoms with van der Waals surface area (Å²) in [6, 6.07) is 4.19. The maximum Gasteiger partial charge on any atom is 0.253 e. The van der Waals surface area contributed by atoms with Crippen LogP contribution in [-0.4, -0.2) is 44.2 Å². The fraction of sp³-hybridized carbons (Fsp3) is 0.462. The number of amides is 1. The van der Waals surface area contributed by atoms with E-state index in [1.165, 1.54) is 11.0 Å². The third-order valence-electron chi connectivity index (χ3n) is 2.65. The molecule has 5 heteroatoms. The number of carbonyl (C=O) groups excluding carboxylic acids is 1. The lowest BCUT2D eigenvalue weighted by atomic mass is 10.1. The van der Waals surface area contributed by atoms with Crippen LogP contribution in [0.3, 0.4) is 0 Å². The van der Waals surface area contributed by atoms with E-state index in [2.05, 4.69) is 0 Å². The molecule has 2 N–H and O–H groups in total. The molecular formula is C13H19FN2O2. The van der Waals surface area contributed by atoms with Crippen molar-refractivity contribution in [1.82, 2.24) is 4.90 Å². The second-order valence-electron chi connectivity index (χ2n) is 4.37. The van der Waals surface area contributed by atoms with Gasteiger partial charge in [-0.15, -0.1) is 0 Å². The number of carbonyl (C=O) groups is 1. The highest BCUT2D eigenvalue weighted by Gasteiger charge is 2.15. The molecule has 0 bridgehead atoms. The predicted octanol–water partition coefficient (Wildman–Crippen LogP) is 1.18. The fourth-order valence-corrected chi connectivity index (χ4v) is 1.65. The Bertz CT molecular complexity index is 423. The minimum absolute atomic E-state index is 0.250. The van der Waals surface area contributed by atoms with Crippen LogP contribution in [0.5, 0.6) is 0 Å². The van der Waals surface area contributed by atoms with Gasteiger partial charge in [0.25, 0.3) is 5.91 Å². The van der Waals surface area contributed by atoms with Gasteiger partial charge in [0.1, 0.15) is 5.82 Å². The summed E-state index contributed by atoms with van der Waals surface area (Å²) in [5.41, 5.74) is 6.61. The summed E-state index contributed by atoms with van der Waals surface area (Å²) in [5.74, 6) is -0.629. The Morgan fingerprint density at radius 1 is 1.56 bits per heavy atom. The second kappa shape index (κ2) is 6.47. The molecule has 0 aliphatic carbocycles. The number of nitrogens with two attached hydrogens (primary N) is 1. The van der Waals surface area contributed by atoms with Crippen molar-refractivity contribution < 1.29 is 13.9 Å². The molecule has 4 nitrogen and oxygen atoms in total. The van der Waals surface area contributed by atoms with Gasteiger partial charge in [0.05, 0.1) is 6.61 Å². The molecule has 1 aromatic carbocycles. The number of aryl methyl sites for hydroxylation is 1. The Labute approximate surface area is 107 Å². The Morgan fingerprint density at radius 2 is 2.22 bits per heavy atom. The molecule has 0 saturated carbocycles. The van der Waals surface area contributed by atoms with E-state index in [1.54, 1.807) is 33.2 Å². The second-order valence-corrected chi connectivity index (χ2v) is 4.37. The van der Waals surface area contributed by atoms with Crippen molar-refractivity contribution in [1.29, 1.82) is 0 Å². The summed E-state index contributed by atoms with van der Waals surface area (Å²) in [6.07, 6.45) is 0. The van der Waals surface area contributed by atoms with Crippen molar-refractivity contribution in [2.24, 2.45) is 5.73 Å². The summed E-state index contributed by atoms with van der Waals surface area (Å²) in [6.45, 7) is 2.39. The number of ether oxygens (including phenoxy) is 1. The lowest BCUT2D eigenvalue weighted by Crippen LogP contribution is -2.41. The van der Waals surface area contributed by atoms with Crippen LogP contribution in [-0.2, 0) is 4.74 Å². The fourth-order valence-electron chi connectivity index (χ4n) is 1.65. The first-order valence-corrected chi connectivity index (χ1v) is 5.71. The van der Waals surface area contributed by atoms with Crippen molar-refractivity contribution in [3.63, 3.8) is 0 Å². The summed E-state index contributed by atoms with van der Waals surface area (Å²) >= 11 is 0. The minimum atomic E-state index is -0.379. The van der Waals surface area contributed by atoms with E-state index < -0.39 is 0 Å². The molecule has 100 valence electrons. The van der Waals surface area contributed by atoms with Crippen molar-refractivity contribution >= 4 is 5.91 Å². The average Bonchev–Trinajstić information content (AvgIpc) is 2.32. The van der Waals surface area contributed by atoms with Crippen LogP contribution >= 0.6 is 0 Å². The van der Waals surface area contributed by atoms with Gasteiger partial charge in [0.2, 0.25) is 0 Å². The van der Waals surface area contributed by atoms with Crippen LogP contribution in [0.2, 0.25) is 0 Å². The Kier molecular flexibility index (Phi) is 5.25. The standard InChI is InChI=1S/C13H19FN2O2/c1-9-4-5-10(6-12(9)14)13(17)16(2)7-11(15)8-18-3/h4-6,11H,7-8,15H2,1-3H3. The zero-order chi connectivity index (χ0) is 13.7. The van der Waals surface area contributed by atoms with Crippen LogP contribution in [0, 0.1) is 12.7 Å². The topological polar surface area (TPSA) is 55.6 Å². The molecule has 0 aromatic heterocycles. The number of likely N-dealkylation sites (N-methyl/N-ethyl adjacent to an activating group) is 1. The van der Waals surface area contributed by atoms with E-state index in [4.69, 9.17) is 10.5 Å². The van der Waals surface area contributed by atoms with E-state index in [9.17, 15) is 9.18 Å². The largest absolute Gasteiger partial charge is 0.383 e. The van der Waals surface area contributed by atoms with E-state index in [1.807, 2.05) is 0 Å². The number of rotatable bonds is 5. The number of benzene rings is 1. The number of hydrogen-bond acceptors (Lipinski definition) is 3.